The number of nitrogens with zero attached hydrogens (tertiary/aromatic N) is 1. The van der Waals surface area contributed by atoms with Crippen molar-refractivity contribution in [2.24, 2.45) is 4.99 Å². The number of hydrogen-bond donors (Lipinski definition) is 0. The SMILES string of the molecule is CC.CCC1=C(N=CCF)Cc2c(Br)cc(C)cc2CC1. The molecule has 0 heterocycles. The number of fused-ring (bicyclic) bond motifs is 1. The Kier molecular flexibility index (Phi) is 7.87. The lowest BCUT2D eigenvalue weighted by Gasteiger charge is -2.10. The fourth-order valence-electron chi connectivity index (χ4n) is 2.65. The van der Waals surface area contributed by atoms with Crippen molar-refractivity contribution >= 4 is 22.1 Å². The van der Waals surface area contributed by atoms with Gasteiger partial charge in [-0.2, -0.15) is 0 Å². The molecule has 0 spiro atoms. The highest BCUT2D eigenvalue weighted by molar-refractivity contribution is 9.10. The third-order valence-electron chi connectivity index (χ3n) is 3.62. The van der Waals surface area contributed by atoms with Gasteiger partial charge in [-0.1, -0.05) is 42.8 Å². The lowest BCUT2D eigenvalue weighted by molar-refractivity contribution is 0.587. The molecule has 0 saturated heterocycles. The Labute approximate surface area is 136 Å². The molecule has 1 aliphatic carbocycles. The van der Waals surface area contributed by atoms with Crippen molar-refractivity contribution < 1.29 is 4.39 Å². The van der Waals surface area contributed by atoms with Crippen molar-refractivity contribution in [2.75, 3.05) is 6.67 Å². The molecular weight excluding hydrogens is 329 g/mol. The fourth-order valence-corrected chi connectivity index (χ4v) is 3.41. The van der Waals surface area contributed by atoms with E-state index < -0.39 is 6.67 Å². The van der Waals surface area contributed by atoms with Crippen LogP contribution in [0.15, 0.2) is 32.9 Å². The van der Waals surface area contributed by atoms with Gasteiger partial charge >= 0.3 is 0 Å². The lowest BCUT2D eigenvalue weighted by atomic mass is 10.00. The third kappa shape index (κ3) is 4.77. The van der Waals surface area contributed by atoms with E-state index in [0.29, 0.717) is 0 Å². The molecule has 0 N–H and O–H groups in total. The molecule has 2 rings (SSSR count). The van der Waals surface area contributed by atoms with Crippen LogP contribution in [0.3, 0.4) is 0 Å². The summed E-state index contributed by atoms with van der Waals surface area (Å²) in [5.41, 5.74) is 6.37. The Morgan fingerprint density at radius 3 is 2.62 bits per heavy atom. The maximum absolute atomic E-state index is 12.3. The zero-order valence-corrected chi connectivity index (χ0v) is 15.1. The maximum Gasteiger partial charge on any atom is 0.125 e. The molecule has 3 heteroatoms. The van der Waals surface area contributed by atoms with Gasteiger partial charge in [0.15, 0.2) is 0 Å². The van der Waals surface area contributed by atoms with Crippen LogP contribution in [0.5, 0.6) is 0 Å². The Morgan fingerprint density at radius 1 is 1.29 bits per heavy atom. The van der Waals surface area contributed by atoms with Gasteiger partial charge in [0.2, 0.25) is 0 Å². The standard InChI is InChI=1S/C16H19BrFN.C2H6/c1-3-12-4-5-13-8-11(2)9-15(17)14(13)10-16(12)19-7-6-18;1-2/h7-9H,3-6,10H2,1-2H3;1-2H3. The first kappa shape index (κ1) is 18.1. The van der Waals surface area contributed by atoms with Gasteiger partial charge in [0.05, 0.1) is 0 Å². The molecule has 0 unspecified atom stereocenters. The molecular formula is C18H25BrFN. The number of halogens is 2. The molecule has 0 atom stereocenters. The van der Waals surface area contributed by atoms with Crippen LogP contribution in [-0.2, 0) is 12.8 Å². The fraction of sp³-hybridized carbons (Fsp3) is 0.500. The average molecular weight is 354 g/mol. The van der Waals surface area contributed by atoms with Crippen LogP contribution >= 0.6 is 15.9 Å². The van der Waals surface area contributed by atoms with Crippen LogP contribution < -0.4 is 0 Å². The highest BCUT2D eigenvalue weighted by Gasteiger charge is 2.17. The molecule has 0 saturated carbocycles. The number of allylic oxidation sites excluding steroid dienone is 2. The summed E-state index contributed by atoms with van der Waals surface area (Å²) >= 11 is 3.66. The number of alkyl halides is 1. The Hall–Kier alpha value is -0.960. The smallest absolute Gasteiger partial charge is 0.125 e. The van der Waals surface area contributed by atoms with Crippen molar-refractivity contribution in [3.05, 3.63) is 44.6 Å². The van der Waals surface area contributed by atoms with Crippen molar-refractivity contribution in [3.63, 3.8) is 0 Å². The largest absolute Gasteiger partial charge is 0.263 e. The molecule has 116 valence electrons. The minimum absolute atomic E-state index is 0.498. The van der Waals surface area contributed by atoms with Crippen LogP contribution in [0.4, 0.5) is 4.39 Å². The molecule has 1 nitrogen and oxygen atoms in total. The number of aliphatic imine (C=N–C) groups is 1. The third-order valence-corrected chi connectivity index (χ3v) is 4.33. The lowest BCUT2D eigenvalue weighted by Crippen LogP contribution is -1.96. The predicted octanol–water partition coefficient (Wildman–Crippen LogP) is 5.98. The van der Waals surface area contributed by atoms with E-state index in [0.717, 1.165) is 35.9 Å². The first-order valence-electron chi connectivity index (χ1n) is 7.73. The van der Waals surface area contributed by atoms with Crippen molar-refractivity contribution in [1.82, 2.24) is 0 Å². The van der Waals surface area contributed by atoms with Gasteiger partial charge in [-0.05, 0) is 54.5 Å². The highest BCUT2D eigenvalue weighted by Crippen LogP contribution is 2.32. The summed E-state index contributed by atoms with van der Waals surface area (Å²) in [6, 6.07) is 4.40. The van der Waals surface area contributed by atoms with Gasteiger partial charge in [-0.15, -0.1) is 0 Å². The summed E-state index contributed by atoms with van der Waals surface area (Å²) in [7, 11) is 0. The van der Waals surface area contributed by atoms with Crippen LogP contribution in [-0.4, -0.2) is 12.9 Å². The molecule has 0 aliphatic heterocycles. The second-order valence-corrected chi connectivity index (χ2v) is 5.79. The first-order valence-corrected chi connectivity index (χ1v) is 8.52. The van der Waals surface area contributed by atoms with Gasteiger partial charge in [0, 0.05) is 22.8 Å². The summed E-state index contributed by atoms with van der Waals surface area (Å²) in [5, 5.41) is 0. The zero-order valence-electron chi connectivity index (χ0n) is 13.5. The van der Waals surface area contributed by atoms with Gasteiger partial charge in [0.1, 0.15) is 6.67 Å². The number of rotatable bonds is 3. The second-order valence-electron chi connectivity index (χ2n) is 4.93. The van der Waals surface area contributed by atoms with Crippen LogP contribution in [0, 0.1) is 6.92 Å². The molecule has 21 heavy (non-hydrogen) atoms. The topological polar surface area (TPSA) is 12.4 Å². The van der Waals surface area contributed by atoms with E-state index in [1.54, 1.807) is 0 Å². The Balaban J connectivity index is 0.00000106. The molecule has 1 aromatic carbocycles. The van der Waals surface area contributed by atoms with E-state index in [9.17, 15) is 4.39 Å². The van der Waals surface area contributed by atoms with Crippen LogP contribution in [0.1, 0.15) is 50.3 Å². The van der Waals surface area contributed by atoms with E-state index in [-0.39, 0.29) is 0 Å². The Morgan fingerprint density at radius 2 is 2.00 bits per heavy atom. The second kappa shape index (κ2) is 9.14. The molecule has 1 aliphatic rings. The van der Waals surface area contributed by atoms with Crippen LogP contribution in [0.2, 0.25) is 0 Å². The number of aryl methyl sites for hydroxylation is 2. The monoisotopic (exact) mass is 353 g/mol. The van der Waals surface area contributed by atoms with Gasteiger partial charge in [-0.3, -0.25) is 4.99 Å². The van der Waals surface area contributed by atoms with Gasteiger partial charge < -0.3 is 0 Å². The van der Waals surface area contributed by atoms with Gasteiger partial charge in [0.25, 0.3) is 0 Å². The summed E-state index contributed by atoms with van der Waals surface area (Å²) in [4.78, 5) is 4.34. The molecule has 0 radical (unpaired) electrons. The minimum atomic E-state index is -0.498. The zero-order chi connectivity index (χ0) is 15.8. The average Bonchev–Trinajstić information content (AvgIpc) is 2.66. The van der Waals surface area contributed by atoms with Crippen LogP contribution in [0.25, 0.3) is 0 Å². The van der Waals surface area contributed by atoms with E-state index in [4.69, 9.17) is 0 Å². The maximum atomic E-state index is 12.3. The summed E-state index contributed by atoms with van der Waals surface area (Å²) in [6.45, 7) is 7.77. The van der Waals surface area contributed by atoms with Crippen molar-refractivity contribution in [1.29, 1.82) is 0 Å². The van der Waals surface area contributed by atoms with E-state index in [2.05, 4.69) is 46.9 Å². The molecule has 0 amide bonds. The first-order chi connectivity index (χ1) is 10.2. The van der Waals surface area contributed by atoms with E-state index >= 15 is 0 Å². The summed E-state index contributed by atoms with van der Waals surface area (Å²) in [6.07, 6.45) is 5.24. The molecule has 0 aromatic heterocycles. The number of hydrogen-bond acceptors (Lipinski definition) is 1. The quantitative estimate of drug-likeness (QED) is 0.593. The van der Waals surface area contributed by atoms with E-state index in [1.165, 1.54) is 28.5 Å². The Bertz CT molecular complexity index is 532. The summed E-state index contributed by atoms with van der Waals surface area (Å²) < 4.78 is 13.5. The predicted molar refractivity (Wildman–Crippen MR) is 94.0 cm³/mol. The summed E-state index contributed by atoms with van der Waals surface area (Å²) in [5.74, 6) is 0. The van der Waals surface area contributed by atoms with E-state index in [1.807, 2.05) is 13.8 Å². The number of benzene rings is 1. The molecule has 0 fully saturated rings. The highest BCUT2D eigenvalue weighted by atomic mass is 79.9. The minimum Gasteiger partial charge on any atom is -0.263 e. The van der Waals surface area contributed by atoms with Crippen molar-refractivity contribution in [2.45, 2.75) is 53.4 Å². The van der Waals surface area contributed by atoms with Crippen molar-refractivity contribution in [3.8, 4) is 0 Å². The molecule has 0 bridgehead atoms. The van der Waals surface area contributed by atoms with Gasteiger partial charge in [-0.25, -0.2) is 4.39 Å². The molecule has 1 aromatic rings. The normalized spacial score (nSPS) is 14.6.